The Morgan fingerprint density at radius 3 is 2.27 bits per heavy atom. The highest BCUT2D eigenvalue weighted by atomic mass is 16.6. The quantitative estimate of drug-likeness (QED) is 0.691. The second-order valence-electron chi connectivity index (χ2n) is 5.34. The van der Waals surface area contributed by atoms with Gasteiger partial charge < -0.3 is 5.32 Å². The van der Waals surface area contributed by atoms with Gasteiger partial charge in [0.25, 0.3) is 11.6 Å². The zero-order valence-corrected chi connectivity index (χ0v) is 12.8. The summed E-state index contributed by atoms with van der Waals surface area (Å²) in [7, 11) is 0. The molecule has 2 aromatic rings. The average Bonchev–Trinajstić information content (AvgIpc) is 2.50. The van der Waals surface area contributed by atoms with Crippen molar-refractivity contribution in [2.75, 3.05) is 0 Å². The largest absolute Gasteiger partial charge is 0.346 e. The molecule has 1 atom stereocenters. The molecule has 1 amide bonds. The molecule has 0 bridgehead atoms. The van der Waals surface area contributed by atoms with Crippen LogP contribution in [0.4, 0.5) is 5.69 Å². The number of nitro groups is 1. The van der Waals surface area contributed by atoms with Crippen molar-refractivity contribution in [3.63, 3.8) is 0 Å². The van der Waals surface area contributed by atoms with Gasteiger partial charge in [-0.15, -0.1) is 0 Å². The van der Waals surface area contributed by atoms with Gasteiger partial charge in [0.2, 0.25) is 0 Å². The van der Waals surface area contributed by atoms with E-state index in [2.05, 4.69) is 11.4 Å². The Labute approximate surface area is 129 Å². The number of non-ortho nitro benzene ring substituents is 1. The van der Waals surface area contributed by atoms with E-state index in [9.17, 15) is 14.9 Å². The number of nitrogens with zero attached hydrogens (tertiary/aromatic N) is 1. The van der Waals surface area contributed by atoms with Crippen molar-refractivity contribution < 1.29 is 9.72 Å². The zero-order valence-electron chi connectivity index (χ0n) is 12.8. The number of aryl methyl sites for hydroxylation is 2. The van der Waals surface area contributed by atoms with E-state index >= 15 is 0 Å². The van der Waals surface area contributed by atoms with Crippen molar-refractivity contribution >= 4 is 11.6 Å². The Hall–Kier alpha value is -2.69. The summed E-state index contributed by atoms with van der Waals surface area (Å²) in [5.41, 5.74) is 3.78. The highest BCUT2D eigenvalue weighted by Crippen LogP contribution is 2.18. The first-order chi connectivity index (χ1) is 10.4. The minimum atomic E-state index is -0.487. The molecule has 2 rings (SSSR count). The number of benzene rings is 2. The fraction of sp³-hybridized carbons (Fsp3) is 0.235. The van der Waals surface area contributed by atoms with E-state index in [0.717, 1.165) is 5.56 Å². The predicted molar refractivity (Wildman–Crippen MR) is 84.9 cm³/mol. The Balaban J connectivity index is 2.10. The first-order valence-corrected chi connectivity index (χ1v) is 7.01. The molecule has 1 N–H and O–H groups in total. The number of carbonyl (C=O) groups is 1. The molecule has 0 radical (unpaired) electrons. The number of nitrogens with one attached hydrogen (secondary N) is 1. The number of nitro benzene ring substituents is 1. The molecule has 2 aromatic carbocycles. The van der Waals surface area contributed by atoms with E-state index < -0.39 is 4.92 Å². The Morgan fingerprint density at radius 1 is 1.09 bits per heavy atom. The second-order valence-corrected chi connectivity index (χ2v) is 5.34. The summed E-state index contributed by atoms with van der Waals surface area (Å²) in [5.74, 6) is -0.249. The zero-order chi connectivity index (χ0) is 16.3. The standard InChI is InChI=1S/C17H18N2O3/c1-11-4-5-15(10-12(11)2)13(3)18-17(20)14-6-8-16(9-7-14)19(21)22/h4-10,13H,1-3H3,(H,18,20)/t13-/m1/s1. The van der Waals surface area contributed by atoms with Crippen LogP contribution in [0.15, 0.2) is 42.5 Å². The van der Waals surface area contributed by atoms with Crippen LogP contribution in [0, 0.1) is 24.0 Å². The Kier molecular flexibility index (Phi) is 4.56. The van der Waals surface area contributed by atoms with Crippen molar-refractivity contribution in [3.8, 4) is 0 Å². The molecular formula is C17H18N2O3. The van der Waals surface area contributed by atoms with Gasteiger partial charge in [0.1, 0.15) is 0 Å². The minimum Gasteiger partial charge on any atom is -0.346 e. The van der Waals surface area contributed by atoms with E-state index in [1.165, 1.54) is 35.4 Å². The van der Waals surface area contributed by atoms with Crippen LogP contribution < -0.4 is 5.32 Å². The molecule has 0 aliphatic heterocycles. The van der Waals surface area contributed by atoms with Gasteiger partial charge in [-0.05, 0) is 49.6 Å². The number of amides is 1. The summed E-state index contributed by atoms with van der Waals surface area (Å²) in [6.45, 7) is 5.98. The Morgan fingerprint density at radius 2 is 1.73 bits per heavy atom. The summed E-state index contributed by atoms with van der Waals surface area (Å²) in [5, 5.41) is 13.5. The molecule has 0 aromatic heterocycles. The van der Waals surface area contributed by atoms with Gasteiger partial charge >= 0.3 is 0 Å². The highest BCUT2D eigenvalue weighted by molar-refractivity contribution is 5.94. The first-order valence-electron chi connectivity index (χ1n) is 7.01. The lowest BCUT2D eigenvalue weighted by Gasteiger charge is -2.15. The molecule has 5 heteroatoms. The molecule has 5 nitrogen and oxygen atoms in total. The molecule has 0 aliphatic rings. The van der Waals surface area contributed by atoms with Crippen LogP contribution in [0.25, 0.3) is 0 Å². The third-order valence-corrected chi connectivity index (χ3v) is 3.72. The SMILES string of the molecule is Cc1ccc([C@@H](C)NC(=O)c2ccc([N+](=O)[O-])cc2)cc1C. The summed E-state index contributed by atoms with van der Waals surface area (Å²) in [6, 6.07) is 11.5. The molecule has 0 aliphatic carbocycles. The Bertz CT molecular complexity index is 708. The van der Waals surface area contributed by atoms with E-state index in [0.29, 0.717) is 5.56 Å². The van der Waals surface area contributed by atoms with Crippen molar-refractivity contribution in [1.82, 2.24) is 5.32 Å². The molecular weight excluding hydrogens is 280 g/mol. The third-order valence-electron chi connectivity index (χ3n) is 3.72. The molecule has 0 unspecified atom stereocenters. The maximum atomic E-state index is 12.2. The normalized spacial score (nSPS) is 11.8. The highest BCUT2D eigenvalue weighted by Gasteiger charge is 2.13. The summed E-state index contributed by atoms with van der Waals surface area (Å²) >= 11 is 0. The first kappa shape index (κ1) is 15.7. The summed E-state index contributed by atoms with van der Waals surface area (Å²) < 4.78 is 0. The molecule has 22 heavy (non-hydrogen) atoms. The number of rotatable bonds is 4. The van der Waals surface area contributed by atoms with E-state index in [1.54, 1.807) is 0 Å². The van der Waals surface area contributed by atoms with Crippen LogP contribution in [-0.2, 0) is 0 Å². The molecule has 0 fully saturated rings. The van der Waals surface area contributed by atoms with Gasteiger partial charge in [0.15, 0.2) is 0 Å². The van der Waals surface area contributed by atoms with Gasteiger partial charge in [0, 0.05) is 17.7 Å². The van der Waals surface area contributed by atoms with Crippen LogP contribution in [0.3, 0.4) is 0 Å². The smallest absolute Gasteiger partial charge is 0.269 e. The molecule has 0 saturated heterocycles. The maximum absolute atomic E-state index is 12.2. The van der Waals surface area contributed by atoms with E-state index in [-0.39, 0.29) is 17.6 Å². The van der Waals surface area contributed by atoms with Crippen molar-refractivity contribution in [2.45, 2.75) is 26.8 Å². The fourth-order valence-electron chi connectivity index (χ4n) is 2.13. The summed E-state index contributed by atoms with van der Waals surface area (Å²) in [4.78, 5) is 22.3. The minimum absolute atomic E-state index is 0.0289. The second kappa shape index (κ2) is 6.39. The van der Waals surface area contributed by atoms with Crippen LogP contribution in [0.1, 0.15) is 40.0 Å². The third kappa shape index (κ3) is 3.49. The lowest BCUT2D eigenvalue weighted by molar-refractivity contribution is -0.384. The fourth-order valence-corrected chi connectivity index (χ4v) is 2.13. The predicted octanol–water partition coefficient (Wildman–Crippen LogP) is 3.70. The molecule has 114 valence electrons. The monoisotopic (exact) mass is 298 g/mol. The van der Waals surface area contributed by atoms with Crippen LogP contribution >= 0.6 is 0 Å². The van der Waals surface area contributed by atoms with E-state index in [1.807, 2.05) is 32.9 Å². The van der Waals surface area contributed by atoms with Gasteiger partial charge in [0.05, 0.1) is 11.0 Å². The maximum Gasteiger partial charge on any atom is 0.269 e. The molecule has 0 heterocycles. The number of hydrogen-bond donors (Lipinski definition) is 1. The van der Waals surface area contributed by atoms with Crippen LogP contribution in [0.2, 0.25) is 0 Å². The lowest BCUT2D eigenvalue weighted by Crippen LogP contribution is -2.26. The summed E-state index contributed by atoms with van der Waals surface area (Å²) in [6.07, 6.45) is 0. The van der Waals surface area contributed by atoms with Crippen LogP contribution in [0.5, 0.6) is 0 Å². The van der Waals surface area contributed by atoms with Gasteiger partial charge in [-0.2, -0.15) is 0 Å². The van der Waals surface area contributed by atoms with Crippen molar-refractivity contribution in [1.29, 1.82) is 0 Å². The van der Waals surface area contributed by atoms with Gasteiger partial charge in [-0.25, -0.2) is 0 Å². The number of hydrogen-bond acceptors (Lipinski definition) is 3. The molecule has 0 spiro atoms. The molecule has 0 saturated carbocycles. The number of carbonyl (C=O) groups excluding carboxylic acids is 1. The van der Waals surface area contributed by atoms with E-state index in [4.69, 9.17) is 0 Å². The lowest BCUT2D eigenvalue weighted by atomic mass is 10.0. The van der Waals surface area contributed by atoms with Crippen molar-refractivity contribution in [2.24, 2.45) is 0 Å². The van der Waals surface area contributed by atoms with Crippen molar-refractivity contribution in [3.05, 3.63) is 74.8 Å². The van der Waals surface area contributed by atoms with Gasteiger partial charge in [-0.1, -0.05) is 18.2 Å². The average molecular weight is 298 g/mol. The van der Waals surface area contributed by atoms with Gasteiger partial charge in [-0.3, -0.25) is 14.9 Å². The van der Waals surface area contributed by atoms with Crippen LogP contribution in [-0.4, -0.2) is 10.8 Å². The topological polar surface area (TPSA) is 72.2 Å².